The van der Waals surface area contributed by atoms with Crippen LogP contribution in [0.25, 0.3) is 0 Å². The second kappa shape index (κ2) is 7.28. The van der Waals surface area contributed by atoms with E-state index in [4.69, 9.17) is 11.6 Å². The van der Waals surface area contributed by atoms with Gasteiger partial charge in [0.15, 0.2) is 0 Å². The minimum atomic E-state index is -0.148. The molecule has 1 heterocycles. The van der Waals surface area contributed by atoms with Crippen molar-refractivity contribution in [3.8, 4) is 0 Å². The van der Waals surface area contributed by atoms with Crippen LogP contribution in [-0.4, -0.2) is 23.6 Å². The fourth-order valence-electron chi connectivity index (χ4n) is 2.42. The van der Waals surface area contributed by atoms with E-state index in [0.717, 1.165) is 16.9 Å². The molecule has 6 heteroatoms. The molecule has 1 unspecified atom stereocenters. The van der Waals surface area contributed by atoms with Gasteiger partial charge in [-0.15, -0.1) is 11.8 Å². The van der Waals surface area contributed by atoms with Crippen molar-refractivity contribution in [2.45, 2.75) is 23.5 Å². The summed E-state index contributed by atoms with van der Waals surface area (Å²) in [6, 6.07) is 13.0. The van der Waals surface area contributed by atoms with E-state index in [2.05, 4.69) is 10.6 Å². The SMILES string of the molecule is CC1Sc2ccc(C(=O)NCCc3ccc(Cl)cc3)cc2NC1=O. The smallest absolute Gasteiger partial charge is 0.251 e. The van der Waals surface area contributed by atoms with Crippen molar-refractivity contribution >= 4 is 40.9 Å². The van der Waals surface area contributed by atoms with E-state index in [1.165, 1.54) is 11.8 Å². The van der Waals surface area contributed by atoms with E-state index >= 15 is 0 Å². The Morgan fingerprint density at radius 3 is 2.75 bits per heavy atom. The van der Waals surface area contributed by atoms with Gasteiger partial charge in [0.1, 0.15) is 0 Å². The molecule has 2 N–H and O–H groups in total. The first kappa shape index (κ1) is 16.9. The number of nitrogens with one attached hydrogen (secondary N) is 2. The quantitative estimate of drug-likeness (QED) is 0.873. The Morgan fingerprint density at radius 1 is 1.25 bits per heavy atom. The number of hydrogen-bond acceptors (Lipinski definition) is 3. The average molecular weight is 361 g/mol. The highest BCUT2D eigenvalue weighted by molar-refractivity contribution is 8.00. The molecule has 2 aromatic rings. The maximum atomic E-state index is 12.3. The molecule has 0 aromatic heterocycles. The molecule has 4 nitrogen and oxygen atoms in total. The summed E-state index contributed by atoms with van der Waals surface area (Å²) >= 11 is 7.35. The summed E-state index contributed by atoms with van der Waals surface area (Å²) in [6.07, 6.45) is 0.734. The van der Waals surface area contributed by atoms with Gasteiger partial charge in [0, 0.05) is 22.0 Å². The maximum absolute atomic E-state index is 12.3. The van der Waals surface area contributed by atoms with E-state index in [9.17, 15) is 9.59 Å². The largest absolute Gasteiger partial charge is 0.352 e. The number of rotatable bonds is 4. The van der Waals surface area contributed by atoms with Gasteiger partial charge in [-0.2, -0.15) is 0 Å². The second-order valence-electron chi connectivity index (χ2n) is 5.59. The van der Waals surface area contributed by atoms with Crippen molar-refractivity contribution in [2.24, 2.45) is 0 Å². The molecule has 3 rings (SSSR count). The lowest BCUT2D eigenvalue weighted by atomic mass is 10.1. The molecule has 2 amide bonds. The first-order valence-electron chi connectivity index (χ1n) is 7.67. The Balaban J connectivity index is 1.60. The van der Waals surface area contributed by atoms with Crippen LogP contribution in [0.2, 0.25) is 5.02 Å². The van der Waals surface area contributed by atoms with E-state index in [-0.39, 0.29) is 17.1 Å². The number of carbonyl (C=O) groups is 2. The number of anilines is 1. The molecule has 0 bridgehead atoms. The molecule has 0 saturated heterocycles. The lowest BCUT2D eigenvalue weighted by Gasteiger charge is -2.21. The van der Waals surface area contributed by atoms with Crippen LogP contribution < -0.4 is 10.6 Å². The third kappa shape index (κ3) is 3.91. The molecule has 0 aliphatic carbocycles. The van der Waals surface area contributed by atoms with Crippen molar-refractivity contribution in [1.82, 2.24) is 5.32 Å². The number of benzene rings is 2. The summed E-state index contributed by atoms with van der Waals surface area (Å²) in [6.45, 7) is 2.40. The summed E-state index contributed by atoms with van der Waals surface area (Å²) in [7, 11) is 0. The van der Waals surface area contributed by atoms with Crippen molar-refractivity contribution in [3.05, 3.63) is 58.6 Å². The molecule has 2 aromatic carbocycles. The lowest BCUT2D eigenvalue weighted by Crippen LogP contribution is -2.28. The summed E-state index contributed by atoms with van der Waals surface area (Å²) in [5.41, 5.74) is 2.36. The van der Waals surface area contributed by atoms with Gasteiger partial charge in [0.05, 0.1) is 10.9 Å². The van der Waals surface area contributed by atoms with E-state index < -0.39 is 0 Å². The van der Waals surface area contributed by atoms with E-state index in [1.54, 1.807) is 12.1 Å². The summed E-state index contributed by atoms with van der Waals surface area (Å²) in [4.78, 5) is 25.0. The molecule has 0 spiro atoms. The Bertz CT molecular complexity index is 777. The Labute approximate surface area is 150 Å². The molecular weight excluding hydrogens is 344 g/mol. The molecule has 1 aliphatic rings. The predicted molar refractivity (Wildman–Crippen MR) is 97.9 cm³/mol. The molecular formula is C18H17ClN2O2S. The van der Waals surface area contributed by atoms with Gasteiger partial charge in [-0.3, -0.25) is 9.59 Å². The van der Waals surface area contributed by atoms with Crippen LogP contribution in [0.3, 0.4) is 0 Å². The van der Waals surface area contributed by atoms with Crippen molar-refractivity contribution in [3.63, 3.8) is 0 Å². The standard InChI is InChI=1S/C18H17ClN2O2S/c1-11-17(22)21-15-10-13(4-7-16(15)24-11)18(23)20-9-8-12-2-5-14(19)6-3-12/h2-7,10-11H,8-9H2,1H3,(H,20,23)(H,21,22). The van der Waals surface area contributed by atoms with Crippen molar-refractivity contribution in [2.75, 3.05) is 11.9 Å². The van der Waals surface area contributed by atoms with Crippen LogP contribution in [0.5, 0.6) is 0 Å². The highest BCUT2D eigenvalue weighted by Crippen LogP contribution is 2.35. The third-order valence-electron chi connectivity index (χ3n) is 3.79. The lowest BCUT2D eigenvalue weighted by molar-refractivity contribution is -0.115. The zero-order chi connectivity index (χ0) is 17.1. The van der Waals surface area contributed by atoms with Gasteiger partial charge < -0.3 is 10.6 Å². The van der Waals surface area contributed by atoms with Crippen LogP contribution in [0.4, 0.5) is 5.69 Å². The summed E-state index contributed by atoms with van der Waals surface area (Å²) in [5, 5.41) is 6.32. The number of fused-ring (bicyclic) bond motifs is 1. The minimum Gasteiger partial charge on any atom is -0.352 e. The van der Waals surface area contributed by atoms with Crippen LogP contribution >= 0.6 is 23.4 Å². The Kier molecular flexibility index (Phi) is 5.11. The minimum absolute atomic E-state index is 0.0344. The van der Waals surface area contributed by atoms with E-state index in [1.807, 2.05) is 37.3 Å². The van der Waals surface area contributed by atoms with Crippen LogP contribution in [0.1, 0.15) is 22.8 Å². The first-order chi connectivity index (χ1) is 11.5. The summed E-state index contributed by atoms with van der Waals surface area (Å²) in [5.74, 6) is -0.183. The van der Waals surface area contributed by atoms with Gasteiger partial charge in [-0.05, 0) is 49.2 Å². The molecule has 0 radical (unpaired) electrons. The van der Waals surface area contributed by atoms with Crippen LogP contribution in [0.15, 0.2) is 47.4 Å². The Morgan fingerprint density at radius 2 is 2.00 bits per heavy atom. The third-order valence-corrected chi connectivity index (χ3v) is 5.21. The van der Waals surface area contributed by atoms with Gasteiger partial charge >= 0.3 is 0 Å². The average Bonchev–Trinajstić information content (AvgIpc) is 2.57. The predicted octanol–water partition coefficient (Wildman–Crippen LogP) is 3.75. The first-order valence-corrected chi connectivity index (χ1v) is 8.93. The molecule has 24 heavy (non-hydrogen) atoms. The van der Waals surface area contributed by atoms with Gasteiger partial charge in [-0.1, -0.05) is 23.7 Å². The molecule has 1 atom stereocenters. The maximum Gasteiger partial charge on any atom is 0.251 e. The van der Waals surface area contributed by atoms with Crippen molar-refractivity contribution < 1.29 is 9.59 Å². The van der Waals surface area contributed by atoms with Gasteiger partial charge in [0.25, 0.3) is 5.91 Å². The molecule has 124 valence electrons. The van der Waals surface area contributed by atoms with E-state index in [0.29, 0.717) is 22.8 Å². The van der Waals surface area contributed by atoms with Gasteiger partial charge in [-0.25, -0.2) is 0 Å². The zero-order valence-corrected chi connectivity index (χ0v) is 14.7. The molecule has 0 fully saturated rings. The van der Waals surface area contributed by atoms with Gasteiger partial charge in [0.2, 0.25) is 5.91 Å². The molecule has 0 saturated carbocycles. The monoisotopic (exact) mass is 360 g/mol. The number of amides is 2. The second-order valence-corrected chi connectivity index (χ2v) is 7.41. The van der Waals surface area contributed by atoms with Crippen molar-refractivity contribution in [1.29, 1.82) is 0 Å². The fourth-order valence-corrected chi connectivity index (χ4v) is 3.48. The Hall–Kier alpha value is -1.98. The highest BCUT2D eigenvalue weighted by Gasteiger charge is 2.23. The fraction of sp³-hybridized carbons (Fsp3) is 0.222. The summed E-state index contributed by atoms with van der Waals surface area (Å²) < 4.78 is 0. The number of hydrogen-bond donors (Lipinski definition) is 2. The normalized spacial score (nSPS) is 16.2. The topological polar surface area (TPSA) is 58.2 Å². The number of thioether (sulfide) groups is 1. The van der Waals surface area contributed by atoms with Crippen LogP contribution in [-0.2, 0) is 11.2 Å². The number of halogens is 1. The zero-order valence-electron chi connectivity index (χ0n) is 13.1. The molecule has 1 aliphatic heterocycles. The van der Waals surface area contributed by atoms with Crippen LogP contribution in [0, 0.1) is 0 Å². The highest BCUT2D eigenvalue weighted by atomic mass is 35.5. The number of carbonyl (C=O) groups excluding carboxylic acids is 2.